The lowest BCUT2D eigenvalue weighted by atomic mass is 9.83. The fourth-order valence-electron chi connectivity index (χ4n) is 3.29. The minimum absolute atomic E-state index is 0.0347. The van der Waals surface area contributed by atoms with Gasteiger partial charge in [0.05, 0.1) is 11.5 Å². The molecule has 0 saturated heterocycles. The largest absolute Gasteiger partial charge is 0.440 e. The Labute approximate surface area is 182 Å². The zero-order valence-electron chi connectivity index (χ0n) is 15.4. The highest BCUT2D eigenvalue weighted by Gasteiger charge is 2.32. The summed E-state index contributed by atoms with van der Waals surface area (Å²) in [5, 5.41) is 10.5. The fraction of sp³-hybridized carbons (Fsp3) is 0.0435. The van der Waals surface area contributed by atoms with Crippen molar-refractivity contribution >= 4 is 29.2 Å². The SMILES string of the molecule is N#CC1=C(N)Oc2cc(OC(=O)c3ccccc3)ccc2C1c1ccc(Cl)cc1Cl. The summed E-state index contributed by atoms with van der Waals surface area (Å²) in [5.41, 5.74) is 8.01. The zero-order chi connectivity index (χ0) is 21.3. The van der Waals surface area contributed by atoms with Crippen LogP contribution in [0, 0.1) is 11.3 Å². The normalized spacial score (nSPS) is 15.0. The minimum Gasteiger partial charge on any atom is -0.440 e. The number of rotatable bonds is 3. The molecule has 1 heterocycles. The van der Waals surface area contributed by atoms with Crippen molar-refractivity contribution in [2.45, 2.75) is 5.92 Å². The van der Waals surface area contributed by atoms with Gasteiger partial charge in [-0.1, -0.05) is 53.5 Å². The Balaban J connectivity index is 1.73. The Hall–Kier alpha value is -3.46. The van der Waals surface area contributed by atoms with Crippen molar-refractivity contribution in [2.75, 3.05) is 0 Å². The van der Waals surface area contributed by atoms with E-state index in [-0.39, 0.29) is 17.2 Å². The maximum Gasteiger partial charge on any atom is 0.343 e. The summed E-state index contributed by atoms with van der Waals surface area (Å²) in [5.74, 6) is -0.405. The Bertz CT molecular complexity index is 1220. The van der Waals surface area contributed by atoms with Gasteiger partial charge in [0.1, 0.15) is 23.1 Å². The van der Waals surface area contributed by atoms with Crippen LogP contribution in [0.5, 0.6) is 11.5 Å². The van der Waals surface area contributed by atoms with Gasteiger partial charge in [-0.3, -0.25) is 0 Å². The van der Waals surface area contributed by atoms with Gasteiger partial charge in [-0.25, -0.2) is 4.79 Å². The summed E-state index contributed by atoms with van der Waals surface area (Å²) in [7, 11) is 0. The van der Waals surface area contributed by atoms with Gasteiger partial charge in [0.2, 0.25) is 5.88 Å². The standard InChI is InChI=1S/C23H14Cl2N2O3/c24-14-6-8-16(19(25)10-14)21-17-9-7-15(11-20(17)30-22(27)18(21)12-26)29-23(28)13-4-2-1-3-5-13/h1-11,21H,27H2. The van der Waals surface area contributed by atoms with Crippen LogP contribution in [-0.2, 0) is 0 Å². The molecule has 5 nitrogen and oxygen atoms in total. The van der Waals surface area contributed by atoms with E-state index in [1.54, 1.807) is 60.7 Å². The lowest BCUT2D eigenvalue weighted by Crippen LogP contribution is -2.21. The number of allylic oxidation sites excluding steroid dienone is 1. The number of halogens is 2. The van der Waals surface area contributed by atoms with E-state index in [0.29, 0.717) is 32.5 Å². The number of fused-ring (bicyclic) bond motifs is 1. The molecule has 1 aliphatic rings. The Morgan fingerprint density at radius 1 is 1.03 bits per heavy atom. The van der Waals surface area contributed by atoms with Gasteiger partial charge in [-0.2, -0.15) is 5.26 Å². The van der Waals surface area contributed by atoms with Crippen molar-refractivity contribution in [2.24, 2.45) is 5.73 Å². The molecule has 3 aromatic carbocycles. The van der Waals surface area contributed by atoms with Crippen LogP contribution in [0.25, 0.3) is 0 Å². The fourth-order valence-corrected chi connectivity index (χ4v) is 3.81. The van der Waals surface area contributed by atoms with E-state index in [4.69, 9.17) is 38.4 Å². The Morgan fingerprint density at radius 2 is 1.77 bits per heavy atom. The molecule has 2 N–H and O–H groups in total. The van der Waals surface area contributed by atoms with Gasteiger partial charge in [0.15, 0.2) is 0 Å². The van der Waals surface area contributed by atoms with E-state index < -0.39 is 11.9 Å². The van der Waals surface area contributed by atoms with E-state index in [1.807, 2.05) is 6.07 Å². The first-order valence-corrected chi connectivity index (χ1v) is 9.67. The van der Waals surface area contributed by atoms with Crippen LogP contribution in [0.4, 0.5) is 0 Å². The van der Waals surface area contributed by atoms with Gasteiger partial charge in [-0.05, 0) is 35.9 Å². The molecule has 0 amide bonds. The zero-order valence-corrected chi connectivity index (χ0v) is 16.9. The number of hydrogen-bond donors (Lipinski definition) is 1. The lowest BCUT2D eigenvalue weighted by Gasteiger charge is -2.27. The number of esters is 1. The smallest absolute Gasteiger partial charge is 0.343 e. The maximum atomic E-state index is 12.3. The number of ether oxygens (including phenoxy) is 2. The van der Waals surface area contributed by atoms with E-state index in [9.17, 15) is 10.1 Å². The predicted octanol–water partition coefficient (Wildman–Crippen LogP) is 5.43. The monoisotopic (exact) mass is 436 g/mol. The molecule has 0 bridgehead atoms. The molecule has 1 aliphatic heterocycles. The summed E-state index contributed by atoms with van der Waals surface area (Å²) in [6.45, 7) is 0. The first kappa shape index (κ1) is 19.8. The van der Waals surface area contributed by atoms with Crippen LogP contribution in [-0.4, -0.2) is 5.97 Å². The molecule has 0 aliphatic carbocycles. The number of benzene rings is 3. The van der Waals surface area contributed by atoms with E-state index in [0.717, 1.165) is 0 Å². The van der Waals surface area contributed by atoms with Crippen LogP contribution in [0.15, 0.2) is 78.2 Å². The quantitative estimate of drug-likeness (QED) is 0.436. The number of nitriles is 1. The first-order chi connectivity index (χ1) is 14.5. The van der Waals surface area contributed by atoms with Crippen LogP contribution in [0.1, 0.15) is 27.4 Å². The number of carbonyl (C=O) groups excluding carboxylic acids is 1. The highest BCUT2D eigenvalue weighted by molar-refractivity contribution is 6.35. The molecule has 7 heteroatoms. The first-order valence-electron chi connectivity index (χ1n) is 8.91. The average Bonchev–Trinajstić information content (AvgIpc) is 2.73. The molecule has 4 rings (SSSR count). The molecular weight excluding hydrogens is 423 g/mol. The maximum absolute atomic E-state index is 12.3. The molecule has 30 heavy (non-hydrogen) atoms. The molecule has 0 saturated carbocycles. The Kier molecular flexibility index (Phi) is 5.37. The van der Waals surface area contributed by atoms with Gasteiger partial charge in [-0.15, -0.1) is 0 Å². The predicted molar refractivity (Wildman–Crippen MR) is 114 cm³/mol. The summed E-state index contributed by atoms with van der Waals surface area (Å²) >= 11 is 12.4. The third-order valence-electron chi connectivity index (χ3n) is 4.68. The number of carbonyl (C=O) groups is 1. The van der Waals surface area contributed by atoms with Crippen molar-refractivity contribution in [3.05, 3.63) is 105 Å². The van der Waals surface area contributed by atoms with Crippen molar-refractivity contribution in [1.29, 1.82) is 5.26 Å². The van der Waals surface area contributed by atoms with Gasteiger partial charge in [0.25, 0.3) is 0 Å². The van der Waals surface area contributed by atoms with Crippen molar-refractivity contribution in [3.8, 4) is 17.6 Å². The third-order valence-corrected chi connectivity index (χ3v) is 5.25. The van der Waals surface area contributed by atoms with E-state index in [1.165, 1.54) is 0 Å². The second-order valence-corrected chi connectivity index (χ2v) is 7.39. The molecule has 0 aromatic heterocycles. The molecule has 0 radical (unpaired) electrons. The van der Waals surface area contributed by atoms with E-state index in [2.05, 4.69) is 6.07 Å². The van der Waals surface area contributed by atoms with Gasteiger partial charge in [0, 0.05) is 21.7 Å². The second-order valence-electron chi connectivity index (χ2n) is 6.55. The highest BCUT2D eigenvalue weighted by Crippen LogP contribution is 2.45. The van der Waals surface area contributed by atoms with E-state index >= 15 is 0 Å². The summed E-state index contributed by atoms with van der Waals surface area (Å²) in [6, 6.07) is 20.7. The van der Waals surface area contributed by atoms with Gasteiger partial charge < -0.3 is 15.2 Å². The highest BCUT2D eigenvalue weighted by atomic mass is 35.5. The lowest BCUT2D eigenvalue weighted by molar-refractivity contribution is 0.0734. The van der Waals surface area contributed by atoms with Crippen LogP contribution >= 0.6 is 23.2 Å². The van der Waals surface area contributed by atoms with Crippen LogP contribution < -0.4 is 15.2 Å². The molecule has 0 spiro atoms. The number of nitrogens with two attached hydrogens (primary N) is 1. The summed E-state index contributed by atoms with van der Waals surface area (Å²) in [6.07, 6.45) is 0. The average molecular weight is 437 g/mol. The molecule has 0 fully saturated rings. The minimum atomic E-state index is -0.539. The molecule has 148 valence electrons. The topological polar surface area (TPSA) is 85.3 Å². The van der Waals surface area contributed by atoms with Gasteiger partial charge >= 0.3 is 5.97 Å². The van der Waals surface area contributed by atoms with Crippen LogP contribution in [0.2, 0.25) is 10.0 Å². The van der Waals surface area contributed by atoms with Crippen molar-refractivity contribution < 1.29 is 14.3 Å². The summed E-state index contributed by atoms with van der Waals surface area (Å²) < 4.78 is 11.1. The second kappa shape index (κ2) is 8.11. The number of hydrogen-bond acceptors (Lipinski definition) is 5. The molecular formula is C23H14Cl2N2O3. The third kappa shape index (κ3) is 3.71. The summed E-state index contributed by atoms with van der Waals surface area (Å²) in [4.78, 5) is 12.3. The Morgan fingerprint density at radius 3 is 2.47 bits per heavy atom. The number of nitrogens with zero attached hydrogens (tertiary/aromatic N) is 1. The van der Waals surface area contributed by atoms with Crippen LogP contribution in [0.3, 0.4) is 0 Å². The molecule has 3 aromatic rings. The van der Waals surface area contributed by atoms with Crippen molar-refractivity contribution in [3.63, 3.8) is 0 Å². The molecule has 1 unspecified atom stereocenters. The molecule has 1 atom stereocenters. The van der Waals surface area contributed by atoms with Crippen molar-refractivity contribution in [1.82, 2.24) is 0 Å².